The first-order valence-corrected chi connectivity index (χ1v) is 9.28. The molecular formula is C16H25FN2O3S. The summed E-state index contributed by atoms with van der Waals surface area (Å²) in [6.45, 7) is 6.45. The smallest absolute Gasteiger partial charge is 0.253 e. The number of hydrogen-bond acceptors (Lipinski definition) is 3. The maximum Gasteiger partial charge on any atom is 0.253 e. The SMILES string of the molecule is CCCCN(C)C(=O)c1ccc(F)c(S(=O)(=O)N(CC)CC)c1. The van der Waals surface area contributed by atoms with E-state index in [1.165, 1.54) is 15.3 Å². The van der Waals surface area contributed by atoms with Crippen LogP contribution in [-0.2, 0) is 10.0 Å². The average Bonchev–Trinajstić information content (AvgIpc) is 2.53. The van der Waals surface area contributed by atoms with Gasteiger partial charge in [0.15, 0.2) is 0 Å². The molecule has 130 valence electrons. The second-order valence-corrected chi connectivity index (χ2v) is 7.22. The van der Waals surface area contributed by atoms with E-state index < -0.39 is 20.7 Å². The number of carbonyl (C=O) groups is 1. The van der Waals surface area contributed by atoms with Gasteiger partial charge in [0.25, 0.3) is 5.91 Å². The monoisotopic (exact) mass is 344 g/mol. The van der Waals surface area contributed by atoms with Crippen molar-refractivity contribution in [1.82, 2.24) is 9.21 Å². The van der Waals surface area contributed by atoms with Gasteiger partial charge in [-0.3, -0.25) is 4.79 Å². The number of carbonyl (C=O) groups excluding carboxylic acids is 1. The van der Waals surface area contributed by atoms with Crippen LogP contribution in [0.5, 0.6) is 0 Å². The Morgan fingerprint density at radius 2 is 1.78 bits per heavy atom. The first kappa shape index (κ1) is 19.6. The van der Waals surface area contributed by atoms with Crippen molar-refractivity contribution in [2.24, 2.45) is 0 Å². The van der Waals surface area contributed by atoms with Crippen LogP contribution in [0.15, 0.2) is 23.1 Å². The lowest BCUT2D eigenvalue weighted by atomic mass is 10.2. The van der Waals surface area contributed by atoms with Gasteiger partial charge in [0.05, 0.1) is 0 Å². The number of halogens is 1. The Morgan fingerprint density at radius 3 is 2.30 bits per heavy atom. The first-order valence-electron chi connectivity index (χ1n) is 7.84. The fourth-order valence-corrected chi connectivity index (χ4v) is 3.80. The number of sulfonamides is 1. The van der Waals surface area contributed by atoms with Gasteiger partial charge in [0.1, 0.15) is 10.7 Å². The van der Waals surface area contributed by atoms with Crippen LogP contribution < -0.4 is 0 Å². The maximum atomic E-state index is 14.0. The van der Waals surface area contributed by atoms with Crippen molar-refractivity contribution >= 4 is 15.9 Å². The Labute approximate surface area is 138 Å². The summed E-state index contributed by atoms with van der Waals surface area (Å²) in [4.78, 5) is 13.4. The molecule has 0 fully saturated rings. The molecular weight excluding hydrogens is 319 g/mol. The van der Waals surface area contributed by atoms with Crippen molar-refractivity contribution < 1.29 is 17.6 Å². The van der Waals surface area contributed by atoms with E-state index in [1.54, 1.807) is 20.9 Å². The second kappa shape index (κ2) is 8.40. The van der Waals surface area contributed by atoms with E-state index in [9.17, 15) is 17.6 Å². The number of unbranched alkanes of at least 4 members (excludes halogenated alkanes) is 1. The molecule has 1 aromatic carbocycles. The highest BCUT2D eigenvalue weighted by Crippen LogP contribution is 2.21. The minimum atomic E-state index is -3.94. The fourth-order valence-electron chi connectivity index (χ4n) is 2.25. The number of hydrogen-bond donors (Lipinski definition) is 0. The van der Waals surface area contributed by atoms with Crippen molar-refractivity contribution in [1.29, 1.82) is 0 Å². The third kappa shape index (κ3) is 4.51. The zero-order chi connectivity index (χ0) is 17.6. The van der Waals surface area contributed by atoms with Gasteiger partial charge in [-0.1, -0.05) is 27.2 Å². The minimum Gasteiger partial charge on any atom is -0.342 e. The zero-order valence-electron chi connectivity index (χ0n) is 14.2. The molecule has 0 bridgehead atoms. The highest BCUT2D eigenvalue weighted by molar-refractivity contribution is 7.89. The molecule has 0 aliphatic heterocycles. The van der Waals surface area contributed by atoms with E-state index in [2.05, 4.69) is 0 Å². The lowest BCUT2D eigenvalue weighted by Gasteiger charge is -2.20. The first-order chi connectivity index (χ1) is 10.8. The van der Waals surface area contributed by atoms with E-state index >= 15 is 0 Å². The van der Waals surface area contributed by atoms with E-state index in [1.807, 2.05) is 6.92 Å². The van der Waals surface area contributed by atoms with Crippen LogP contribution in [0, 0.1) is 5.82 Å². The summed E-state index contributed by atoms with van der Waals surface area (Å²) in [6.07, 6.45) is 1.80. The molecule has 0 spiro atoms. The molecule has 1 rings (SSSR count). The zero-order valence-corrected chi connectivity index (χ0v) is 15.0. The second-order valence-electron chi connectivity index (χ2n) is 5.31. The molecule has 0 aliphatic carbocycles. The van der Waals surface area contributed by atoms with Gasteiger partial charge >= 0.3 is 0 Å². The summed E-state index contributed by atoms with van der Waals surface area (Å²) in [6, 6.07) is 3.49. The van der Waals surface area contributed by atoms with Crippen molar-refractivity contribution in [3.05, 3.63) is 29.6 Å². The predicted octanol–water partition coefficient (Wildman–Crippen LogP) is 2.73. The minimum absolute atomic E-state index is 0.177. The molecule has 0 N–H and O–H groups in total. The maximum absolute atomic E-state index is 14.0. The number of nitrogens with zero attached hydrogens (tertiary/aromatic N) is 2. The Morgan fingerprint density at radius 1 is 1.17 bits per heavy atom. The lowest BCUT2D eigenvalue weighted by Crippen LogP contribution is -2.32. The van der Waals surface area contributed by atoms with Gasteiger partial charge in [-0.15, -0.1) is 0 Å². The van der Waals surface area contributed by atoms with Crippen LogP contribution in [0.2, 0.25) is 0 Å². The van der Waals surface area contributed by atoms with Crippen LogP contribution in [0.4, 0.5) is 4.39 Å². The molecule has 5 nitrogen and oxygen atoms in total. The van der Waals surface area contributed by atoms with Gasteiger partial charge < -0.3 is 4.90 Å². The van der Waals surface area contributed by atoms with Gasteiger partial charge in [-0.05, 0) is 24.6 Å². The van der Waals surface area contributed by atoms with Crippen LogP contribution in [-0.4, -0.2) is 50.2 Å². The highest BCUT2D eigenvalue weighted by atomic mass is 32.2. The largest absolute Gasteiger partial charge is 0.342 e. The number of amides is 1. The molecule has 0 radical (unpaired) electrons. The average molecular weight is 344 g/mol. The normalized spacial score (nSPS) is 11.7. The molecule has 23 heavy (non-hydrogen) atoms. The fraction of sp³-hybridized carbons (Fsp3) is 0.562. The van der Waals surface area contributed by atoms with Crippen LogP contribution >= 0.6 is 0 Å². The molecule has 0 saturated carbocycles. The topological polar surface area (TPSA) is 57.7 Å². The molecule has 1 aromatic rings. The summed E-state index contributed by atoms with van der Waals surface area (Å²) in [7, 11) is -2.29. The molecule has 0 aromatic heterocycles. The van der Waals surface area contributed by atoms with Crippen molar-refractivity contribution in [3.8, 4) is 0 Å². The van der Waals surface area contributed by atoms with Gasteiger partial charge in [0, 0.05) is 32.2 Å². The molecule has 0 heterocycles. The van der Waals surface area contributed by atoms with E-state index in [4.69, 9.17) is 0 Å². The summed E-state index contributed by atoms with van der Waals surface area (Å²) in [5, 5.41) is 0. The summed E-state index contributed by atoms with van der Waals surface area (Å²) in [5.74, 6) is -1.15. The molecule has 0 unspecified atom stereocenters. The Bertz CT molecular complexity index is 643. The standard InChI is InChI=1S/C16H25FN2O3S/c1-5-8-11-18(4)16(20)13-9-10-14(17)15(12-13)23(21,22)19(6-2)7-3/h9-10,12H,5-8,11H2,1-4H3. The Kier molecular flexibility index (Phi) is 7.15. The number of benzene rings is 1. The van der Waals surface area contributed by atoms with Gasteiger partial charge in [0.2, 0.25) is 10.0 Å². The van der Waals surface area contributed by atoms with Crippen LogP contribution in [0.3, 0.4) is 0 Å². The van der Waals surface area contributed by atoms with Crippen LogP contribution in [0.1, 0.15) is 44.0 Å². The van der Waals surface area contributed by atoms with Gasteiger partial charge in [-0.25, -0.2) is 12.8 Å². The number of rotatable bonds is 8. The molecule has 1 amide bonds. The summed E-state index contributed by atoms with van der Waals surface area (Å²) >= 11 is 0. The summed E-state index contributed by atoms with van der Waals surface area (Å²) in [5.41, 5.74) is 0.177. The van der Waals surface area contributed by atoms with Crippen LogP contribution in [0.25, 0.3) is 0 Å². The third-order valence-corrected chi connectivity index (χ3v) is 5.76. The molecule has 0 saturated heterocycles. The lowest BCUT2D eigenvalue weighted by molar-refractivity contribution is 0.0793. The quantitative estimate of drug-likeness (QED) is 0.728. The van der Waals surface area contributed by atoms with Gasteiger partial charge in [-0.2, -0.15) is 4.31 Å². The van der Waals surface area contributed by atoms with Crippen molar-refractivity contribution in [2.45, 2.75) is 38.5 Å². The summed E-state index contributed by atoms with van der Waals surface area (Å²) < 4.78 is 40.2. The predicted molar refractivity (Wildman–Crippen MR) is 88.4 cm³/mol. The molecule has 0 aliphatic rings. The molecule has 0 atom stereocenters. The third-order valence-electron chi connectivity index (χ3n) is 3.70. The molecule has 7 heteroatoms. The van der Waals surface area contributed by atoms with E-state index in [0.717, 1.165) is 25.0 Å². The van der Waals surface area contributed by atoms with E-state index in [0.29, 0.717) is 6.54 Å². The Hall–Kier alpha value is -1.47. The van der Waals surface area contributed by atoms with Crippen molar-refractivity contribution in [3.63, 3.8) is 0 Å². The highest BCUT2D eigenvalue weighted by Gasteiger charge is 2.26. The van der Waals surface area contributed by atoms with E-state index in [-0.39, 0.29) is 24.6 Å². The Balaban J connectivity index is 3.21. The van der Waals surface area contributed by atoms with Crippen molar-refractivity contribution in [2.75, 3.05) is 26.7 Å².